The van der Waals surface area contributed by atoms with Crippen LogP contribution in [0.2, 0.25) is 5.02 Å². The quantitative estimate of drug-likeness (QED) is 0.852. The second kappa shape index (κ2) is 7.38. The number of thioether (sulfide) groups is 1. The SMILES string of the molecule is CN(C(=O)CSCc1ccccc1Cl)c1ccc(N)cc1. The van der Waals surface area contributed by atoms with Crippen molar-refractivity contribution in [2.75, 3.05) is 23.4 Å². The molecule has 0 saturated heterocycles. The van der Waals surface area contributed by atoms with E-state index in [-0.39, 0.29) is 5.91 Å². The van der Waals surface area contributed by atoms with E-state index in [1.807, 2.05) is 36.4 Å². The molecule has 0 unspecified atom stereocenters. The summed E-state index contributed by atoms with van der Waals surface area (Å²) in [6.45, 7) is 0. The van der Waals surface area contributed by atoms with Crippen LogP contribution >= 0.6 is 23.4 Å². The van der Waals surface area contributed by atoms with E-state index in [9.17, 15) is 4.79 Å². The third kappa shape index (κ3) is 4.41. The van der Waals surface area contributed by atoms with Crippen molar-refractivity contribution in [3.05, 3.63) is 59.1 Å². The Bertz CT molecular complexity index is 616. The first kappa shape index (κ1) is 15.7. The Morgan fingerprint density at radius 1 is 1.19 bits per heavy atom. The van der Waals surface area contributed by atoms with E-state index in [0.29, 0.717) is 11.4 Å². The highest BCUT2D eigenvalue weighted by Gasteiger charge is 2.11. The molecule has 2 rings (SSSR count). The Labute approximate surface area is 134 Å². The van der Waals surface area contributed by atoms with Gasteiger partial charge in [0.2, 0.25) is 5.91 Å². The number of nitrogens with zero attached hydrogens (tertiary/aromatic N) is 1. The maximum absolute atomic E-state index is 12.1. The van der Waals surface area contributed by atoms with E-state index in [1.165, 1.54) is 0 Å². The molecule has 2 N–H and O–H groups in total. The second-order valence-corrected chi connectivity index (χ2v) is 6.02. The summed E-state index contributed by atoms with van der Waals surface area (Å²) >= 11 is 7.65. The molecule has 0 bridgehead atoms. The fourth-order valence-corrected chi connectivity index (χ4v) is 3.03. The number of nitrogens with two attached hydrogens (primary N) is 1. The summed E-state index contributed by atoms with van der Waals surface area (Å²) in [5.74, 6) is 1.18. The lowest BCUT2D eigenvalue weighted by atomic mass is 10.2. The molecule has 0 heterocycles. The molecule has 0 aromatic heterocycles. The fraction of sp³-hybridized carbons (Fsp3) is 0.188. The minimum Gasteiger partial charge on any atom is -0.399 e. The second-order valence-electron chi connectivity index (χ2n) is 4.63. The predicted molar refractivity (Wildman–Crippen MR) is 91.9 cm³/mol. The van der Waals surface area contributed by atoms with Gasteiger partial charge < -0.3 is 10.6 Å². The lowest BCUT2D eigenvalue weighted by Gasteiger charge is -2.17. The molecule has 2 aromatic carbocycles. The van der Waals surface area contributed by atoms with E-state index < -0.39 is 0 Å². The van der Waals surface area contributed by atoms with Crippen molar-refractivity contribution in [1.29, 1.82) is 0 Å². The number of carbonyl (C=O) groups excluding carboxylic acids is 1. The topological polar surface area (TPSA) is 46.3 Å². The first-order valence-electron chi connectivity index (χ1n) is 6.51. The monoisotopic (exact) mass is 320 g/mol. The highest BCUT2D eigenvalue weighted by molar-refractivity contribution is 7.99. The first-order valence-corrected chi connectivity index (χ1v) is 8.04. The largest absolute Gasteiger partial charge is 0.399 e. The van der Waals surface area contributed by atoms with Crippen LogP contribution < -0.4 is 10.6 Å². The van der Waals surface area contributed by atoms with E-state index in [2.05, 4.69) is 0 Å². The molecular weight excluding hydrogens is 304 g/mol. The third-order valence-electron chi connectivity index (χ3n) is 3.10. The molecule has 0 aliphatic heterocycles. The van der Waals surface area contributed by atoms with Crippen molar-refractivity contribution in [1.82, 2.24) is 0 Å². The fourth-order valence-electron chi connectivity index (χ4n) is 1.80. The van der Waals surface area contributed by atoms with Gasteiger partial charge in [0.25, 0.3) is 0 Å². The summed E-state index contributed by atoms with van der Waals surface area (Å²) in [6, 6.07) is 14.9. The summed E-state index contributed by atoms with van der Waals surface area (Å²) in [5, 5.41) is 0.740. The number of hydrogen-bond acceptors (Lipinski definition) is 3. The zero-order chi connectivity index (χ0) is 15.2. The maximum Gasteiger partial charge on any atom is 0.236 e. The summed E-state index contributed by atoms with van der Waals surface area (Å²) in [4.78, 5) is 13.8. The first-order chi connectivity index (χ1) is 10.1. The normalized spacial score (nSPS) is 10.4. The number of carbonyl (C=O) groups is 1. The zero-order valence-corrected chi connectivity index (χ0v) is 13.3. The van der Waals surface area contributed by atoms with Crippen LogP contribution in [-0.2, 0) is 10.5 Å². The van der Waals surface area contributed by atoms with Gasteiger partial charge in [0.15, 0.2) is 0 Å². The molecule has 0 aliphatic rings. The van der Waals surface area contributed by atoms with Gasteiger partial charge in [-0.05, 0) is 35.9 Å². The average molecular weight is 321 g/mol. The molecule has 1 amide bonds. The Kier molecular flexibility index (Phi) is 5.53. The molecule has 3 nitrogen and oxygen atoms in total. The van der Waals surface area contributed by atoms with E-state index in [4.69, 9.17) is 17.3 Å². The van der Waals surface area contributed by atoms with Gasteiger partial charge in [-0.25, -0.2) is 0 Å². The molecule has 21 heavy (non-hydrogen) atoms. The van der Waals surface area contributed by atoms with E-state index in [0.717, 1.165) is 22.0 Å². The van der Waals surface area contributed by atoms with E-state index in [1.54, 1.807) is 35.8 Å². The Morgan fingerprint density at radius 3 is 2.52 bits per heavy atom. The molecule has 0 spiro atoms. The Balaban J connectivity index is 1.87. The van der Waals surface area contributed by atoms with Gasteiger partial charge in [0, 0.05) is 29.2 Å². The third-order valence-corrected chi connectivity index (χ3v) is 4.43. The van der Waals surface area contributed by atoms with Crippen LogP contribution in [0.3, 0.4) is 0 Å². The van der Waals surface area contributed by atoms with Gasteiger partial charge in [0.1, 0.15) is 0 Å². The van der Waals surface area contributed by atoms with Crippen LogP contribution in [0, 0.1) is 0 Å². The molecule has 0 aliphatic carbocycles. The zero-order valence-electron chi connectivity index (χ0n) is 11.8. The average Bonchev–Trinajstić information content (AvgIpc) is 2.49. The van der Waals surface area contributed by atoms with Crippen molar-refractivity contribution < 1.29 is 4.79 Å². The van der Waals surface area contributed by atoms with Crippen molar-refractivity contribution >= 4 is 40.6 Å². The summed E-state index contributed by atoms with van der Waals surface area (Å²) in [7, 11) is 1.77. The van der Waals surface area contributed by atoms with Crippen molar-refractivity contribution in [3.63, 3.8) is 0 Å². The van der Waals surface area contributed by atoms with Crippen LogP contribution in [-0.4, -0.2) is 18.7 Å². The molecule has 0 atom stereocenters. The number of halogens is 1. The number of anilines is 2. The predicted octanol–water partition coefficient (Wildman–Crippen LogP) is 3.82. The lowest BCUT2D eigenvalue weighted by molar-refractivity contribution is -0.115. The molecular formula is C16H17ClN2OS. The van der Waals surface area contributed by atoms with Gasteiger partial charge in [0.05, 0.1) is 5.75 Å². The minimum atomic E-state index is 0.0526. The van der Waals surface area contributed by atoms with E-state index >= 15 is 0 Å². The molecule has 2 aromatic rings. The summed E-state index contributed by atoms with van der Waals surface area (Å²) in [5.41, 5.74) is 8.22. The van der Waals surface area contributed by atoms with Gasteiger partial charge >= 0.3 is 0 Å². The van der Waals surface area contributed by atoms with Crippen molar-refractivity contribution in [2.24, 2.45) is 0 Å². The van der Waals surface area contributed by atoms with Crippen LogP contribution in [0.1, 0.15) is 5.56 Å². The molecule has 0 radical (unpaired) electrons. The van der Waals surface area contributed by atoms with Crippen LogP contribution in [0.5, 0.6) is 0 Å². The van der Waals surface area contributed by atoms with Gasteiger partial charge in [-0.1, -0.05) is 29.8 Å². The lowest BCUT2D eigenvalue weighted by Crippen LogP contribution is -2.27. The highest BCUT2D eigenvalue weighted by atomic mass is 35.5. The van der Waals surface area contributed by atoms with Gasteiger partial charge in [-0.15, -0.1) is 11.8 Å². The molecule has 5 heteroatoms. The molecule has 0 saturated carbocycles. The Morgan fingerprint density at radius 2 is 1.86 bits per heavy atom. The van der Waals surface area contributed by atoms with Crippen LogP contribution in [0.15, 0.2) is 48.5 Å². The highest BCUT2D eigenvalue weighted by Crippen LogP contribution is 2.22. The minimum absolute atomic E-state index is 0.0526. The van der Waals surface area contributed by atoms with Gasteiger partial charge in [-0.3, -0.25) is 4.79 Å². The molecule has 110 valence electrons. The summed E-state index contributed by atoms with van der Waals surface area (Å²) in [6.07, 6.45) is 0. The van der Waals surface area contributed by atoms with Gasteiger partial charge in [-0.2, -0.15) is 0 Å². The number of benzene rings is 2. The number of nitrogen functional groups attached to an aromatic ring is 1. The number of amides is 1. The molecule has 0 fully saturated rings. The maximum atomic E-state index is 12.1. The van der Waals surface area contributed by atoms with Crippen molar-refractivity contribution in [2.45, 2.75) is 5.75 Å². The van der Waals surface area contributed by atoms with Crippen molar-refractivity contribution in [3.8, 4) is 0 Å². The number of hydrogen-bond donors (Lipinski definition) is 1. The summed E-state index contributed by atoms with van der Waals surface area (Å²) < 4.78 is 0. The van der Waals surface area contributed by atoms with Crippen LogP contribution in [0.25, 0.3) is 0 Å². The Hall–Kier alpha value is -1.65. The number of rotatable bonds is 5. The van der Waals surface area contributed by atoms with Crippen LogP contribution in [0.4, 0.5) is 11.4 Å². The smallest absolute Gasteiger partial charge is 0.236 e. The standard InChI is InChI=1S/C16H17ClN2OS/c1-19(14-8-6-13(18)7-9-14)16(20)11-21-10-12-4-2-3-5-15(12)17/h2-9H,10-11,18H2,1H3.